The van der Waals surface area contributed by atoms with Crippen molar-refractivity contribution in [3.63, 3.8) is 0 Å². The summed E-state index contributed by atoms with van der Waals surface area (Å²) < 4.78 is 22.1. The van der Waals surface area contributed by atoms with Gasteiger partial charge < -0.3 is 34.1 Å². The molecule has 1 atom stereocenters. The number of carbonyl (C=O) groups is 3. The predicted molar refractivity (Wildman–Crippen MR) is 122 cm³/mol. The highest BCUT2D eigenvalue weighted by Crippen LogP contribution is 2.38. The van der Waals surface area contributed by atoms with Crippen molar-refractivity contribution in [3.8, 4) is 17.2 Å². The Kier molecular flexibility index (Phi) is 5.97. The zero-order valence-electron chi connectivity index (χ0n) is 18.7. The van der Waals surface area contributed by atoms with E-state index >= 15 is 0 Å². The first-order chi connectivity index (χ1) is 16.5. The second-order valence-electron chi connectivity index (χ2n) is 8.25. The van der Waals surface area contributed by atoms with Crippen LogP contribution in [0.5, 0.6) is 17.2 Å². The van der Waals surface area contributed by atoms with Crippen LogP contribution in [-0.2, 0) is 14.3 Å². The SMILES string of the molecule is CC(=O)c1cc2c(cc1NC(=O)CN1CC(C(=O)N3CCOCC3)Oc3ccccc31)OCO2. The zero-order chi connectivity index (χ0) is 23.7. The Bertz CT molecular complexity index is 1130. The molecule has 0 aliphatic carbocycles. The van der Waals surface area contributed by atoms with Gasteiger partial charge in [-0.3, -0.25) is 14.4 Å². The molecule has 0 aromatic heterocycles. The molecule has 34 heavy (non-hydrogen) atoms. The molecule has 2 aromatic rings. The highest BCUT2D eigenvalue weighted by molar-refractivity contribution is 6.05. The van der Waals surface area contributed by atoms with Crippen molar-refractivity contribution in [1.29, 1.82) is 0 Å². The van der Waals surface area contributed by atoms with Gasteiger partial charge in [-0.2, -0.15) is 0 Å². The number of nitrogens with zero attached hydrogens (tertiary/aromatic N) is 2. The fraction of sp³-hybridized carbons (Fsp3) is 0.375. The average molecular weight is 467 g/mol. The summed E-state index contributed by atoms with van der Waals surface area (Å²) in [6.45, 7) is 3.70. The molecule has 0 spiro atoms. The summed E-state index contributed by atoms with van der Waals surface area (Å²) in [5.41, 5.74) is 1.41. The lowest BCUT2D eigenvalue weighted by atomic mass is 10.1. The molecule has 1 fully saturated rings. The van der Waals surface area contributed by atoms with E-state index in [1.165, 1.54) is 6.92 Å². The number of ketones is 1. The Labute approximate surface area is 196 Å². The summed E-state index contributed by atoms with van der Waals surface area (Å²) >= 11 is 0. The third-order valence-electron chi connectivity index (χ3n) is 5.96. The molecule has 0 bridgehead atoms. The van der Waals surface area contributed by atoms with Crippen molar-refractivity contribution in [2.75, 3.05) is 56.4 Å². The van der Waals surface area contributed by atoms with E-state index in [9.17, 15) is 14.4 Å². The van der Waals surface area contributed by atoms with Crippen molar-refractivity contribution in [2.24, 2.45) is 0 Å². The Morgan fingerprint density at radius 3 is 2.53 bits per heavy atom. The second-order valence-corrected chi connectivity index (χ2v) is 8.25. The predicted octanol–water partition coefficient (Wildman–Crippen LogP) is 1.68. The van der Waals surface area contributed by atoms with E-state index in [0.717, 1.165) is 5.69 Å². The molecule has 0 radical (unpaired) electrons. The van der Waals surface area contributed by atoms with E-state index in [1.54, 1.807) is 23.1 Å². The molecule has 1 N–H and O–H groups in total. The maximum absolute atomic E-state index is 13.1. The number of morpholine rings is 1. The Morgan fingerprint density at radius 2 is 1.76 bits per heavy atom. The quantitative estimate of drug-likeness (QED) is 0.662. The number of Topliss-reactive ketones (excluding diaryl/α,β-unsaturated/α-hetero) is 1. The van der Waals surface area contributed by atoms with Crippen LogP contribution in [0.4, 0.5) is 11.4 Å². The molecular weight excluding hydrogens is 442 g/mol. The smallest absolute Gasteiger partial charge is 0.265 e. The molecule has 2 aromatic carbocycles. The van der Waals surface area contributed by atoms with E-state index in [1.807, 2.05) is 23.1 Å². The molecule has 10 heteroatoms. The van der Waals surface area contributed by atoms with Crippen LogP contribution in [-0.4, -0.2) is 74.8 Å². The fourth-order valence-corrected chi connectivity index (χ4v) is 4.27. The van der Waals surface area contributed by atoms with Gasteiger partial charge in [-0.05, 0) is 25.1 Å². The van der Waals surface area contributed by atoms with E-state index in [4.69, 9.17) is 18.9 Å². The number of ether oxygens (including phenoxy) is 4. The third-order valence-corrected chi connectivity index (χ3v) is 5.96. The van der Waals surface area contributed by atoms with Gasteiger partial charge in [-0.1, -0.05) is 12.1 Å². The number of hydrogen-bond donors (Lipinski definition) is 1. The monoisotopic (exact) mass is 467 g/mol. The van der Waals surface area contributed by atoms with Gasteiger partial charge in [-0.15, -0.1) is 0 Å². The van der Waals surface area contributed by atoms with Gasteiger partial charge in [0.25, 0.3) is 5.91 Å². The molecule has 0 saturated carbocycles. The minimum absolute atomic E-state index is 0.0287. The maximum atomic E-state index is 13.1. The molecule has 1 unspecified atom stereocenters. The van der Waals surface area contributed by atoms with Crippen LogP contribution in [0.1, 0.15) is 17.3 Å². The summed E-state index contributed by atoms with van der Waals surface area (Å²) in [5.74, 6) is 0.804. The maximum Gasteiger partial charge on any atom is 0.265 e. The van der Waals surface area contributed by atoms with Crippen LogP contribution < -0.4 is 24.4 Å². The summed E-state index contributed by atoms with van der Waals surface area (Å²) in [6.07, 6.45) is -0.737. The van der Waals surface area contributed by atoms with Crippen LogP contribution in [0.15, 0.2) is 36.4 Å². The van der Waals surface area contributed by atoms with Crippen molar-refractivity contribution < 1.29 is 33.3 Å². The molecule has 178 valence electrons. The number of carbonyl (C=O) groups excluding carboxylic acids is 3. The molecule has 1 saturated heterocycles. The van der Waals surface area contributed by atoms with Gasteiger partial charge in [-0.25, -0.2) is 0 Å². The molecule has 5 rings (SSSR count). The summed E-state index contributed by atoms with van der Waals surface area (Å²) in [4.78, 5) is 41.8. The first-order valence-electron chi connectivity index (χ1n) is 11.1. The average Bonchev–Trinajstić information content (AvgIpc) is 3.31. The number of anilines is 2. The number of benzene rings is 2. The van der Waals surface area contributed by atoms with Gasteiger partial charge in [0.15, 0.2) is 23.4 Å². The van der Waals surface area contributed by atoms with Crippen LogP contribution in [0, 0.1) is 0 Å². The first-order valence-corrected chi connectivity index (χ1v) is 11.1. The molecule has 3 heterocycles. The number of para-hydroxylation sites is 2. The number of hydrogen-bond acceptors (Lipinski definition) is 8. The van der Waals surface area contributed by atoms with Crippen LogP contribution in [0.2, 0.25) is 0 Å². The molecule has 10 nitrogen and oxygen atoms in total. The fourth-order valence-electron chi connectivity index (χ4n) is 4.27. The van der Waals surface area contributed by atoms with E-state index < -0.39 is 6.10 Å². The van der Waals surface area contributed by atoms with Gasteiger partial charge in [0.05, 0.1) is 37.7 Å². The topological polar surface area (TPSA) is 107 Å². The normalized spacial score (nSPS) is 18.7. The molecule has 3 aliphatic rings. The molecular formula is C24H25N3O7. The van der Waals surface area contributed by atoms with Crippen molar-refractivity contribution >= 4 is 29.0 Å². The number of fused-ring (bicyclic) bond motifs is 2. The van der Waals surface area contributed by atoms with Crippen LogP contribution in [0.25, 0.3) is 0 Å². The Morgan fingerprint density at radius 1 is 1.03 bits per heavy atom. The lowest BCUT2D eigenvalue weighted by molar-refractivity contribution is -0.142. The summed E-state index contributed by atoms with van der Waals surface area (Å²) in [6, 6.07) is 10.5. The Balaban J connectivity index is 1.34. The van der Waals surface area contributed by atoms with Crippen molar-refractivity contribution in [1.82, 2.24) is 4.90 Å². The Hall–Kier alpha value is -3.79. The van der Waals surface area contributed by atoms with Crippen LogP contribution in [0.3, 0.4) is 0 Å². The molecule has 2 amide bonds. The highest BCUT2D eigenvalue weighted by atomic mass is 16.7. The lowest BCUT2D eigenvalue weighted by Gasteiger charge is -2.38. The molecule has 3 aliphatic heterocycles. The minimum Gasteiger partial charge on any atom is -0.477 e. The number of nitrogens with one attached hydrogen (secondary N) is 1. The van der Waals surface area contributed by atoms with Gasteiger partial charge in [0, 0.05) is 24.7 Å². The van der Waals surface area contributed by atoms with Crippen molar-refractivity contribution in [2.45, 2.75) is 13.0 Å². The van der Waals surface area contributed by atoms with Gasteiger partial charge >= 0.3 is 0 Å². The largest absolute Gasteiger partial charge is 0.477 e. The summed E-state index contributed by atoms with van der Waals surface area (Å²) in [5, 5.41) is 2.82. The highest BCUT2D eigenvalue weighted by Gasteiger charge is 2.35. The van der Waals surface area contributed by atoms with E-state index in [0.29, 0.717) is 54.8 Å². The zero-order valence-corrected chi connectivity index (χ0v) is 18.7. The van der Waals surface area contributed by atoms with E-state index in [2.05, 4.69) is 5.32 Å². The van der Waals surface area contributed by atoms with Crippen LogP contribution >= 0.6 is 0 Å². The minimum atomic E-state index is -0.737. The van der Waals surface area contributed by atoms with Gasteiger partial charge in [0.1, 0.15) is 5.75 Å². The van der Waals surface area contributed by atoms with Crippen molar-refractivity contribution in [3.05, 3.63) is 42.0 Å². The van der Waals surface area contributed by atoms with Gasteiger partial charge in [0.2, 0.25) is 12.7 Å². The second kappa shape index (κ2) is 9.22. The standard InChI is InChI=1S/C24H25N3O7/c1-15(28)16-10-20-21(33-14-32-20)11-17(16)25-23(29)13-27-12-22(24(30)26-6-8-31-9-7-26)34-19-5-3-2-4-18(19)27/h2-5,10-11,22H,6-9,12-14H2,1H3,(H,25,29). The third kappa shape index (κ3) is 4.36. The number of rotatable bonds is 5. The first kappa shape index (κ1) is 22.0. The summed E-state index contributed by atoms with van der Waals surface area (Å²) in [7, 11) is 0. The number of amides is 2. The lowest BCUT2D eigenvalue weighted by Crippen LogP contribution is -2.53. The van der Waals surface area contributed by atoms with E-state index in [-0.39, 0.29) is 37.5 Å².